The largest absolute Gasteiger partial charge is 0.491 e. The van der Waals surface area contributed by atoms with Crippen LogP contribution < -0.4 is 15.7 Å². The van der Waals surface area contributed by atoms with Gasteiger partial charge in [-0.2, -0.15) is 5.10 Å². The number of hydrogen-bond donors (Lipinski definition) is 1. The van der Waals surface area contributed by atoms with Crippen molar-refractivity contribution in [2.75, 3.05) is 5.32 Å². The number of aromatic nitrogens is 2. The molecule has 4 aromatic rings. The van der Waals surface area contributed by atoms with E-state index in [-0.39, 0.29) is 29.6 Å². The summed E-state index contributed by atoms with van der Waals surface area (Å²) in [6.07, 6.45) is 3.00. The molecule has 2 aromatic carbocycles. The normalized spacial score (nSPS) is 11.1. The summed E-state index contributed by atoms with van der Waals surface area (Å²) in [6.45, 7) is 3.99. The Morgan fingerprint density at radius 3 is 2.81 bits per heavy atom. The molecule has 1 N–H and O–H groups in total. The first-order valence-corrected chi connectivity index (χ1v) is 9.71. The van der Waals surface area contributed by atoms with Crippen LogP contribution in [0.2, 0.25) is 0 Å². The lowest BCUT2D eigenvalue weighted by molar-refractivity contribution is 0.102. The summed E-state index contributed by atoms with van der Waals surface area (Å²) >= 11 is 0. The van der Waals surface area contributed by atoms with Gasteiger partial charge in [-0.25, -0.2) is 9.18 Å². The molecule has 0 spiro atoms. The summed E-state index contributed by atoms with van der Waals surface area (Å²) in [5.41, 5.74) is 0.682. The fourth-order valence-corrected chi connectivity index (χ4v) is 3.19. The van der Waals surface area contributed by atoms with Crippen LogP contribution in [0.25, 0.3) is 11.0 Å². The predicted molar refractivity (Wildman–Crippen MR) is 114 cm³/mol. The molecule has 7 nitrogen and oxygen atoms in total. The highest BCUT2D eigenvalue weighted by molar-refractivity contribution is 6.12. The molecule has 0 fully saturated rings. The van der Waals surface area contributed by atoms with Gasteiger partial charge in [-0.3, -0.25) is 9.48 Å². The van der Waals surface area contributed by atoms with Crippen LogP contribution in [0.3, 0.4) is 0 Å². The molecule has 2 aromatic heterocycles. The van der Waals surface area contributed by atoms with Crippen molar-refractivity contribution in [3.63, 3.8) is 0 Å². The van der Waals surface area contributed by atoms with E-state index in [0.717, 1.165) is 6.07 Å². The van der Waals surface area contributed by atoms with Gasteiger partial charge in [0.2, 0.25) is 0 Å². The second-order valence-corrected chi connectivity index (χ2v) is 7.28. The minimum atomic E-state index is -0.644. The fourth-order valence-electron chi connectivity index (χ4n) is 3.19. The topological polar surface area (TPSA) is 86.4 Å². The van der Waals surface area contributed by atoms with E-state index in [1.807, 2.05) is 13.8 Å². The van der Waals surface area contributed by atoms with E-state index in [1.165, 1.54) is 16.9 Å². The Balaban J connectivity index is 1.57. The molecule has 0 atom stereocenters. The monoisotopic (exact) mass is 421 g/mol. The zero-order chi connectivity index (χ0) is 22.0. The van der Waals surface area contributed by atoms with E-state index in [4.69, 9.17) is 9.15 Å². The van der Waals surface area contributed by atoms with Crippen LogP contribution in [-0.4, -0.2) is 21.8 Å². The third kappa shape index (κ3) is 4.63. The second-order valence-electron chi connectivity index (χ2n) is 7.28. The standard InChI is InChI=1S/C23H20FN3O4/c1-14(2)30-17-7-8-18-19(10-22(28)31-21(18)9-17)23(29)26-16-11-25-27(13-16)12-15-5-3-4-6-20(15)24/h3-11,13-14H,12H2,1-2H3,(H,26,29). The summed E-state index contributed by atoms with van der Waals surface area (Å²) in [4.78, 5) is 24.8. The van der Waals surface area contributed by atoms with Gasteiger partial charge in [0.25, 0.3) is 5.91 Å². The van der Waals surface area contributed by atoms with Crippen molar-refractivity contribution in [2.24, 2.45) is 0 Å². The Labute approximate surface area is 177 Å². The second kappa shape index (κ2) is 8.43. The molecule has 0 unspecified atom stereocenters. The summed E-state index contributed by atoms with van der Waals surface area (Å²) in [5, 5.41) is 7.35. The van der Waals surface area contributed by atoms with Gasteiger partial charge in [0.05, 0.1) is 30.1 Å². The van der Waals surface area contributed by atoms with Gasteiger partial charge in [-0.05, 0) is 32.0 Å². The van der Waals surface area contributed by atoms with Crippen LogP contribution in [0.15, 0.2) is 70.1 Å². The summed E-state index contributed by atoms with van der Waals surface area (Å²) in [6, 6.07) is 12.5. The SMILES string of the molecule is CC(C)Oc1ccc2c(C(=O)Nc3cnn(Cc4ccccc4F)c3)cc(=O)oc2c1. The van der Waals surface area contributed by atoms with Gasteiger partial charge < -0.3 is 14.5 Å². The minimum absolute atomic E-state index is 0.0449. The molecule has 0 saturated heterocycles. The van der Waals surface area contributed by atoms with Crippen LogP contribution in [-0.2, 0) is 6.54 Å². The van der Waals surface area contributed by atoms with Crippen molar-refractivity contribution in [1.82, 2.24) is 9.78 Å². The average molecular weight is 421 g/mol. The predicted octanol–water partition coefficient (Wildman–Crippen LogP) is 4.22. The molecule has 0 saturated carbocycles. The molecule has 2 heterocycles. The minimum Gasteiger partial charge on any atom is -0.491 e. The number of hydrogen-bond acceptors (Lipinski definition) is 5. The number of anilines is 1. The van der Waals surface area contributed by atoms with E-state index in [2.05, 4.69) is 10.4 Å². The van der Waals surface area contributed by atoms with Gasteiger partial charge in [-0.15, -0.1) is 0 Å². The maximum absolute atomic E-state index is 13.8. The first-order chi connectivity index (χ1) is 14.9. The number of benzene rings is 2. The van der Waals surface area contributed by atoms with Crippen LogP contribution >= 0.6 is 0 Å². The van der Waals surface area contributed by atoms with Crippen LogP contribution in [0.1, 0.15) is 29.8 Å². The Bertz CT molecular complexity index is 1310. The highest BCUT2D eigenvalue weighted by atomic mass is 19.1. The van der Waals surface area contributed by atoms with E-state index in [1.54, 1.807) is 42.6 Å². The zero-order valence-electron chi connectivity index (χ0n) is 17.0. The molecule has 0 bridgehead atoms. The molecule has 1 amide bonds. The number of amides is 1. The number of nitrogens with one attached hydrogen (secondary N) is 1. The first kappa shape index (κ1) is 20.3. The number of carbonyl (C=O) groups excluding carboxylic acids is 1. The third-order valence-corrected chi connectivity index (χ3v) is 4.51. The van der Waals surface area contributed by atoms with E-state index < -0.39 is 11.5 Å². The molecular weight excluding hydrogens is 401 g/mol. The van der Waals surface area contributed by atoms with Gasteiger partial charge in [0.15, 0.2) is 0 Å². The lowest BCUT2D eigenvalue weighted by Crippen LogP contribution is -2.15. The van der Waals surface area contributed by atoms with Crippen molar-refractivity contribution in [3.05, 3.63) is 88.3 Å². The molecule has 8 heteroatoms. The average Bonchev–Trinajstić information content (AvgIpc) is 3.15. The summed E-state index contributed by atoms with van der Waals surface area (Å²) < 4.78 is 26.2. The molecule has 0 aliphatic rings. The lowest BCUT2D eigenvalue weighted by atomic mass is 10.1. The van der Waals surface area contributed by atoms with Crippen molar-refractivity contribution < 1.29 is 18.3 Å². The Hall–Kier alpha value is -3.94. The van der Waals surface area contributed by atoms with Crippen molar-refractivity contribution in [2.45, 2.75) is 26.5 Å². The number of halogens is 1. The van der Waals surface area contributed by atoms with Gasteiger partial charge in [-0.1, -0.05) is 18.2 Å². The molecule has 158 valence electrons. The van der Waals surface area contributed by atoms with Crippen molar-refractivity contribution in [3.8, 4) is 5.75 Å². The van der Waals surface area contributed by atoms with E-state index in [0.29, 0.717) is 22.4 Å². The highest BCUT2D eigenvalue weighted by Gasteiger charge is 2.15. The number of carbonyl (C=O) groups is 1. The third-order valence-electron chi connectivity index (χ3n) is 4.51. The molecular formula is C23H20FN3O4. The van der Waals surface area contributed by atoms with E-state index >= 15 is 0 Å². The quantitative estimate of drug-likeness (QED) is 0.471. The molecule has 4 rings (SSSR count). The van der Waals surface area contributed by atoms with Crippen LogP contribution in [0, 0.1) is 5.82 Å². The van der Waals surface area contributed by atoms with E-state index in [9.17, 15) is 14.0 Å². The number of fused-ring (bicyclic) bond motifs is 1. The Morgan fingerprint density at radius 2 is 2.03 bits per heavy atom. The maximum atomic E-state index is 13.8. The lowest BCUT2D eigenvalue weighted by Gasteiger charge is -2.11. The molecule has 0 radical (unpaired) electrons. The van der Waals surface area contributed by atoms with Crippen LogP contribution in [0.5, 0.6) is 5.75 Å². The van der Waals surface area contributed by atoms with Crippen molar-refractivity contribution >= 4 is 22.6 Å². The van der Waals surface area contributed by atoms with Gasteiger partial charge >= 0.3 is 5.63 Å². The van der Waals surface area contributed by atoms with Crippen LogP contribution in [0.4, 0.5) is 10.1 Å². The molecule has 0 aliphatic carbocycles. The Morgan fingerprint density at radius 1 is 1.23 bits per heavy atom. The zero-order valence-corrected chi connectivity index (χ0v) is 17.0. The number of rotatable bonds is 6. The van der Waals surface area contributed by atoms with Crippen molar-refractivity contribution in [1.29, 1.82) is 0 Å². The number of nitrogens with zero attached hydrogens (tertiary/aromatic N) is 2. The highest BCUT2D eigenvalue weighted by Crippen LogP contribution is 2.24. The van der Waals surface area contributed by atoms with Gasteiger partial charge in [0.1, 0.15) is 17.1 Å². The summed E-state index contributed by atoms with van der Waals surface area (Å²) in [7, 11) is 0. The molecule has 0 aliphatic heterocycles. The smallest absolute Gasteiger partial charge is 0.337 e. The molecule has 31 heavy (non-hydrogen) atoms. The Kier molecular flexibility index (Phi) is 5.53. The maximum Gasteiger partial charge on any atom is 0.337 e. The number of ether oxygens (including phenoxy) is 1. The first-order valence-electron chi connectivity index (χ1n) is 9.71. The summed E-state index contributed by atoms with van der Waals surface area (Å²) in [5.74, 6) is -0.273. The van der Waals surface area contributed by atoms with Gasteiger partial charge in [0, 0.05) is 29.3 Å². The fraction of sp³-hybridized carbons (Fsp3) is 0.174.